The average molecular weight is 384 g/mol. The highest BCUT2D eigenvalue weighted by molar-refractivity contribution is 6.30. The number of amides is 1. The first-order chi connectivity index (χ1) is 12.5. The number of likely N-dealkylation sites (tertiary alicyclic amines) is 1. The van der Waals surface area contributed by atoms with E-state index in [0.29, 0.717) is 37.6 Å². The lowest BCUT2D eigenvalue weighted by Gasteiger charge is -2.32. The van der Waals surface area contributed by atoms with E-state index in [0.717, 1.165) is 30.7 Å². The second-order valence-electron chi connectivity index (χ2n) is 6.62. The van der Waals surface area contributed by atoms with Crippen molar-refractivity contribution in [1.29, 1.82) is 0 Å². The summed E-state index contributed by atoms with van der Waals surface area (Å²) in [6.07, 6.45) is 2.97. The number of hydrogen-bond acceptors (Lipinski definition) is 4. The van der Waals surface area contributed by atoms with Crippen molar-refractivity contribution < 1.29 is 24.2 Å². The van der Waals surface area contributed by atoms with Crippen LogP contribution in [0.5, 0.6) is 5.75 Å². The Balaban J connectivity index is 1.67. The highest BCUT2D eigenvalue weighted by Gasteiger charge is 2.23. The van der Waals surface area contributed by atoms with Crippen LogP contribution in [0.2, 0.25) is 5.02 Å². The van der Waals surface area contributed by atoms with Gasteiger partial charge < -0.3 is 19.5 Å². The molecule has 1 aliphatic heterocycles. The van der Waals surface area contributed by atoms with Crippen LogP contribution >= 0.6 is 11.6 Å². The maximum atomic E-state index is 12.4. The van der Waals surface area contributed by atoms with Gasteiger partial charge in [0, 0.05) is 24.5 Å². The van der Waals surface area contributed by atoms with Crippen LogP contribution in [-0.2, 0) is 14.3 Å². The Labute approximate surface area is 159 Å². The van der Waals surface area contributed by atoms with Crippen LogP contribution < -0.4 is 4.74 Å². The molecule has 0 radical (unpaired) electrons. The quantitative estimate of drug-likeness (QED) is 0.663. The van der Waals surface area contributed by atoms with Gasteiger partial charge >= 0.3 is 5.97 Å². The zero-order valence-corrected chi connectivity index (χ0v) is 15.8. The monoisotopic (exact) mass is 383 g/mol. The Morgan fingerprint density at radius 3 is 2.92 bits per heavy atom. The number of benzene rings is 1. The van der Waals surface area contributed by atoms with Gasteiger partial charge in [-0.1, -0.05) is 11.6 Å². The number of carboxylic acids is 1. The fraction of sp³-hybridized carbons (Fsp3) is 0.579. The van der Waals surface area contributed by atoms with Gasteiger partial charge in [0.1, 0.15) is 12.4 Å². The van der Waals surface area contributed by atoms with Crippen molar-refractivity contribution in [1.82, 2.24) is 4.90 Å². The lowest BCUT2D eigenvalue weighted by molar-refractivity contribution is -0.143. The van der Waals surface area contributed by atoms with Crippen molar-refractivity contribution >= 4 is 23.5 Å². The van der Waals surface area contributed by atoms with E-state index >= 15 is 0 Å². The molecule has 1 aliphatic rings. The predicted molar refractivity (Wildman–Crippen MR) is 98.7 cm³/mol. The van der Waals surface area contributed by atoms with E-state index in [-0.39, 0.29) is 18.4 Å². The molecule has 1 amide bonds. The minimum atomic E-state index is -0.968. The molecule has 2 rings (SSSR count). The molecule has 1 aromatic rings. The summed E-state index contributed by atoms with van der Waals surface area (Å²) in [4.78, 5) is 24.7. The number of aliphatic carboxylic acids is 1. The predicted octanol–water partition coefficient (Wildman–Crippen LogP) is 3.15. The SMILES string of the molecule is Cc1cc(Cl)ccc1OCCCC(=O)N1CCCC(COCC(=O)O)C1. The van der Waals surface area contributed by atoms with Crippen LogP contribution in [0.1, 0.15) is 31.2 Å². The zero-order chi connectivity index (χ0) is 18.9. The van der Waals surface area contributed by atoms with E-state index in [4.69, 9.17) is 26.2 Å². The number of rotatable bonds is 9. The van der Waals surface area contributed by atoms with Crippen molar-refractivity contribution in [3.05, 3.63) is 28.8 Å². The first-order valence-corrected chi connectivity index (χ1v) is 9.29. The van der Waals surface area contributed by atoms with Crippen molar-refractivity contribution in [2.45, 2.75) is 32.6 Å². The summed E-state index contributed by atoms with van der Waals surface area (Å²) >= 11 is 5.92. The molecule has 144 valence electrons. The Bertz CT molecular complexity index is 622. The number of piperidine rings is 1. The van der Waals surface area contributed by atoms with E-state index in [1.54, 1.807) is 6.07 Å². The van der Waals surface area contributed by atoms with Crippen molar-refractivity contribution in [3.63, 3.8) is 0 Å². The number of nitrogens with zero attached hydrogens (tertiary/aromatic N) is 1. The maximum Gasteiger partial charge on any atom is 0.329 e. The van der Waals surface area contributed by atoms with Gasteiger partial charge in [-0.15, -0.1) is 0 Å². The van der Waals surface area contributed by atoms with Crippen LogP contribution in [0.25, 0.3) is 0 Å². The van der Waals surface area contributed by atoms with Crippen molar-refractivity contribution in [2.24, 2.45) is 5.92 Å². The minimum Gasteiger partial charge on any atom is -0.493 e. The standard InChI is InChI=1S/C19H26ClNO5/c1-14-10-16(20)6-7-17(14)26-9-3-5-18(22)21-8-2-4-15(11-21)12-25-13-19(23)24/h6-7,10,15H,2-5,8-9,11-13H2,1H3,(H,23,24). The van der Waals surface area contributed by atoms with E-state index in [1.807, 2.05) is 24.0 Å². The topological polar surface area (TPSA) is 76.1 Å². The van der Waals surface area contributed by atoms with E-state index in [1.165, 1.54) is 0 Å². The van der Waals surface area contributed by atoms with Gasteiger partial charge in [-0.2, -0.15) is 0 Å². The van der Waals surface area contributed by atoms with Gasteiger partial charge in [0.2, 0.25) is 5.91 Å². The van der Waals surface area contributed by atoms with Gasteiger partial charge in [0.25, 0.3) is 0 Å². The summed E-state index contributed by atoms with van der Waals surface area (Å²) in [7, 11) is 0. The largest absolute Gasteiger partial charge is 0.493 e. The molecule has 1 fully saturated rings. The van der Waals surface area contributed by atoms with Gasteiger partial charge in [-0.25, -0.2) is 4.79 Å². The smallest absolute Gasteiger partial charge is 0.329 e. The molecule has 26 heavy (non-hydrogen) atoms. The lowest BCUT2D eigenvalue weighted by atomic mass is 9.98. The second-order valence-corrected chi connectivity index (χ2v) is 7.06. The molecule has 1 N–H and O–H groups in total. The van der Waals surface area contributed by atoms with E-state index < -0.39 is 5.97 Å². The average Bonchev–Trinajstić information content (AvgIpc) is 2.60. The molecule has 1 saturated heterocycles. The lowest BCUT2D eigenvalue weighted by Crippen LogP contribution is -2.41. The first kappa shape index (κ1) is 20.5. The highest BCUT2D eigenvalue weighted by Crippen LogP contribution is 2.22. The summed E-state index contributed by atoms with van der Waals surface area (Å²) in [6, 6.07) is 5.48. The number of aryl methyl sites for hydroxylation is 1. The second kappa shape index (κ2) is 10.4. The summed E-state index contributed by atoms with van der Waals surface area (Å²) in [5.41, 5.74) is 0.976. The van der Waals surface area contributed by atoms with Crippen LogP contribution in [0, 0.1) is 12.8 Å². The molecule has 1 aromatic carbocycles. The molecule has 7 heteroatoms. The number of carbonyl (C=O) groups excluding carboxylic acids is 1. The molecular formula is C19H26ClNO5. The van der Waals surface area contributed by atoms with E-state index in [2.05, 4.69) is 0 Å². The summed E-state index contributed by atoms with van der Waals surface area (Å²) in [5, 5.41) is 9.29. The Morgan fingerprint density at radius 2 is 2.19 bits per heavy atom. The molecule has 1 heterocycles. The van der Waals surface area contributed by atoms with Gasteiger partial charge in [-0.05, 0) is 55.9 Å². The first-order valence-electron chi connectivity index (χ1n) is 8.92. The number of carbonyl (C=O) groups is 2. The summed E-state index contributed by atoms with van der Waals surface area (Å²) < 4.78 is 10.9. The minimum absolute atomic E-state index is 0.115. The number of ether oxygens (including phenoxy) is 2. The molecule has 0 bridgehead atoms. The maximum absolute atomic E-state index is 12.4. The molecule has 1 unspecified atom stereocenters. The molecule has 1 atom stereocenters. The summed E-state index contributed by atoms with van der Waals surface area (Å²) in [6.45, 7) is 3.90. The van der Waals surface area contributed by atoms with E-state index in [9.17, 15) is 9.59 Å². The van der Waals surface area contributed by atoms with Crippen molar-refractivity contribution in [2.75, 3.05) is 32.9 Å². The van der Waals surface area contributed by atoms with Crippen LogP contribution in [0.4, 0.5) is 0 Å². The van der Waals surface area contributed by atoms with Gasteiger partial charge in [0.15, 0.2) is 0 Å². The third-order valence-corrected chi connectivity index (χ3v) is 4.62. The normalized spacial score (nSPS) is 17.2. The Hall–Kier alpha value is -1.79. The molecule has 6 nitrogen and oxygen atoms in total. The number of halogens is 1. The summed E-state index contributed by atoms with van der Waals surface area (Å²) in [5.74, 6) is 0.143. The molecule has 0 aromatic heterocycles. The third kappa shape index (κ3) is 6.84. The third-order valence-electron chi connectivity index (χ3n) is 4.38. The Kier molecular flexibility index (Phi) is 8.19. The van der Waals surface area contributed by atoms with Crippen LogP contribution in [0.15, 0.2) is 18.2 Å². The fourth-order valence-corrected chi connectivity index (χ4v) is 3.31. The zero-order valence-electron chi connectivity index (χ0n) is 15.1. The highest BCUT2D eigenvalue weighted by atomic mass is 35.5. The molecular weight excluding hydrogens is 358 g/mol. The van der Waals surface area contributed by atoms with Gasteiger partial charge in [-0.3, -0.25) is 4.79 Å². The van der Waals surface area contributed by atoms with Crippen LogP contribution in [0.3, 0.4) is 0 Å². The number of hydrogen-bond donors (Lipinski definition) is 1. The molecule has 0 aliphatic carbocycles. The van der Waals surface area contributed by atoms with Crippen LogP contribution in [-0.4, -0.2) is 54.8 Å². The molecule has 0 saturated carbocycles. The molecule has 0 spiro atoms. The van der Waals surface area contributed by atoms with Gasteiger partial charge in [0.05, 0.1) is 13.2 Å². The Morgan fingerprint density at radius 1 is 1.38 bits per heavy atom. The van der Waals surface area contributed by atoms with Crippen molar-refractivity contribution in [3.8, 4) is 5.75 Å². The fourth-order valence-electron chi connectivity index (χ4n) is 3.08. The number of carboxylic acid groups (broad SMARTS) is 1.